The van der Waals surface area contributed by atoms with E-state index in [1.165, 1.54) is 6.92 Å². The Morgan fingerprint density at radius 2 is 1.82 bits per heavy atom. The molecule has 192 valence electrons. The monoisotopic (exact) mass is 512 g/mol. The molecule has 0 saturated heterocycles. The van der Waals surface area contributed by atoms with E-state index in [0.29, 0.717) is 33.8 Å². The number of benzene rings is 2. The Bertz CT molecular complexity index is 1500. The van der Waals surface area contributed by atoms with E-state index in [0.717, 1.165) is 0 Å². The molecule has 0 saturated carbocycles. The maximum Gasteiger partial charge on any atom is 0.300 e. The highest BCUT2D eigenvalue weighted by atomic mass is 16.5. The predicted octanol–water partition coefficient (Wildman–Crippen LogP) is 3.37. The van der Waals surface area contributed by atoms with Crippen molar-refractivity contribution in [3.8, 4) is 29.1 Å². The number of rotatable bonds is 9. The van der Waals surface area contributed by atoms with Crippen molar-refractivity contribution in [2.45, 2.75) is 13.0 Å². The predicted molar refractivity (Wildman–Crippen MR) is 141 cm³/mol. The van der Waals surface area contributed by atoms with E-state index in [1.807, 2.05) is 0 Å². The summed E-state index contributed by atoms with van der Waals surface area (Å²) in [5.41, 5.74) is 1.22. The largest absolute Gasteiger partial charge is 0.489 e. The molecular weight excluding hydrogens is 488 g/mol. The lowest BCUT2D eigenvalue weighted by molar-refractivity contribution is -0.111. The van der Waals surface area contributed by atoms with Gasteiger partial charge in [0.15, 0.2) is 0 Å². The van der Waals surface area contributed by atoms with E-state index in [4.69, 9.17) is 14.6 Å². The van der Waals surface area contributed by atoms with Gasteiger partial charge in [0.1, 0.15) is 35.8 Å². The Balaban J connectivity index is 1.59. The number of aromatic nitrogens is 2. The van der Waals surface area contributed by atoms with Crippen LogP contribution in [0.2, 0.25) is 0 Å². The molecule has 0 bridgehead atoms. The van der Waals surface area contributed by atoms with Gasteiger partial charge < -0.3 is 30.3 Å². The van der Waals surface area contributed by atoms with Gasteiger partial charge in [-0.05, 0) is 61.4 Å². The van der Waals surface area contributed by atoms with Gasteiger partial charge in [0.25, 0.3) is 11.8 Å². The van der Waals surface area contributed by atoms with Gasteiger partial charge in [-0.1, -0.05) is 12.0 Å². The number of amides is 2. The summed E-state index contributed by atoms with van der Waals surface area (Å²) in [7, 11) is 0. The Morgan fingerprint density at radius 1 is 1.00 bits per heavy atom. The van der Waals surface area contributed by atoms with E-state index in [-0.39, 0.29) is 24.0 Å². The standard InChI is InChI=1S/C28H24N4O6/c1-2-5-27(35)31-23-14-21-22(15-25(23)37-17-19(34)16-33)29-13-11-24(21)38-20-9-7-18(8-10-20)28(36)32-26-6-3-4-12-30-26/h3-4,6-15,19,33-34H,16-17H2,1H3,(H,31,35)(H,30,32,36). The zero-order valence-electron chi connectivity index (χ0n) is 20.3. The molecule has 2 heterocycles. The van der Waals surface area contributed by atoms with Crippen LogP contribution in [0, 0.1) is 11.8 Å². The van der Waals surface area contributed by atoms with Gasteiger partial charge in [0.2, 0.25) is 0 Å². The molecule has 1 unspecified atom stereocenters. The van der Waals surface area contributed by atoms with Crippen molar-refractivity contribution in [2.75, 3.05) is 23.8 Å². The van der Waals surface area contributed by atoms with Crippen LogP contribution in [0.25, 0.3) is 10.9 Å². The molecule has 10 heteroatoms. The van der Waals surface area contributed by atoms with Crippen LogP contribution in [0.4, 0.5) is 11.5 Å². The summed E-state index contributed by atoms with van der Waals surface area (Å²) in [6, 6.07) is 16.7. The summed E-state index contributed by atoms with van der Waals surface area (Å²) in [6.45, 7) is 0.871. The number of hydrogen-bond donors (Lipinski definition) is 4. The number of aliphatic hydroxyl groups is 2. The Morgan fingerprint density at radius 3 is 2.53 bits per heavy atom. The molecule has 38 heavy (non-hydrogen) atoms. The quantitative estimate of drug-likeness (QED) is 0.250. The molecule has 2 aromatic carbocycles. The van der Waals surface area contributed by atoms with Crippen molar-refractivity contribution in [1.82, 2.24) is 9.97 Å². The molecule has 1 atom stereocenters. The molecule has 0 fully saturated rings. The fourth-order valence-corrected chi connectivity index (χ4v) is 3.39. The molecule has 0 aliphatic carbocycles. The number of nitrogens with zero attached hydrogens (tertiary/aromatic N) is 2. The van der Waals surface area contributed by atoms with Gasteiger partial charge in [-0.15, -0.1) is 0 Å². The number of fused-ring (bicyclic) bond motifs is 1. The van der Waals surface area contributed by atoms with Crippen LogP contribution in [0.1, 0.15) is 17.3 Å². The first kappa shape index (κ1) is 26.1. The normalized spacial score (nSPS) is 11.1. The SMILES string of the molecule is CC#CC(=O)Nc1cc2c(Oc3ccc(C(=O)Nc4ccccn4)cc3)ccnc2cc1OCC(O)CO. The van der Waals surface area contributed by atoms with Gasteiger partial charge in [-0.25, -0.2) is 4.98 Å². The average molecular weight is 513 g/mol. The molecule has 0 spiro atoms. The van der Waals surface area contributed by atoms with E-state index >= 15 is 0 Å². The van der Waals surface area contributed by atoms with E-state index in [1.54, 1.807) is 73.1 Å². The van der Waals surface area contributed by atoms with Crippen LogP contribution >= 0.6 is 0 Å². The van der Waals surface area contributed by atoms with E-state index in [9.17, 15) is 14.7 Å². The van der Waals surface area contributed by atoms with Gasteiger partial charge in [-0.3, -0.25) is 14.6 Å². The zero-order valence-corrected chi connectivity index (χ0v) is 20.3. The number of ether oxygens (including phenoxy) is 2. The molecule has 2 aromatic heterocycles. The molecule has 0 radical (unpaired) electrons. The number of hydrogen-bond acceptors (Lipinski definition) is 8. The lowest BCUT2D eigenvalue weighted by Gasteiger charge is -2.16. The highest BCUT2D eigenvalue weighted by molar-refractivity contribution is 6.06. The summed E-state index contributed by atoms with van der Waals surface area (Å²) in [5, 5.41) is 24.7. The smallest absolute Gasteiger partial charge is 0.300 e. The van der Waals surface area contributed by atoms with Gasteiger partial charge in [0, 0.05) is 29.4 Å². The molecule has 0 aliphatic heterocycles. The maximum absolute atomic E-state index is 12.5. The van der Waals surface area contributed by atoms with Crippen LogP contribution < -0.4 is 20.1 Å². The summed E-state index contributed by atoms with van der Waals surface area (Å²) in [6.07, 6.45) is 2.05. The maximum atomic E-state index is 12.5. The first-order chi connectivity index (χ1) is 18.5. The second kappa shape index (κ2) is 12.3. The number of pyridine rings is 2. The number of carbonyl (C=O) groups excluding carboxylic acids is 2. The zero-order chi connectivity index (χ0) is 26.9. The fourth-order valence-electron chi connectivity index (χ4n) is 3.39. The van der Waals surface area contributed by atoms with Crippen LogP contribution in [-0.4, -0.2) is 51.3 Å². The van der Waals surface area contributed by atoms with Crippen molar-refractivity contribution < 1.29 is 29.3 Å². The van der Waals surface area contributed by atoms with Crippen molar-refractivity contribution >= 4 is 34.2 Å². The van der Waals surface area contributed by atoms with Crippen molar-refractivity contribution in [1.29, 1.82) is 0 Å². The van der Waals surface area contributed by atoms with Crippen molar-refractivity contribution in [3.05, 3.63) is 78.6 Å². The minimum Gasteiger partial charge on any atom is -0.489 e. The number of nitrogens with one attached hydrogen (secondary N) is 2. The van der Waals surface area contributed by atoms with E-state index in [2.05, 4.69) is 32.4 Å². The molecule has 2 amide bonds. The van der Waals surface area contributed by atoms with Crippen molar-refractivity contribution in [2.24, 2.45) is 0 Å². The fraction of sp³-hybridized carbons (Fsp3) is 0.143. The van der Waals surface area contributed by atoms with Crippen LogP contribution in [-0.2, 0) is 4.79 Å². The minimum atomic E-state index is -1.10. The lowest BCUT2D eigenvalue weighted by Crippen LogP contribution is -2.22. The summed E-state index contributed by atoms with van der Waals surface area (Å²) < 4.78 is 11.7. The average Bonchev–Trinajstić information content (AvgIpc) is 2.93. The highest BCUT2D eigenvalue weighted by Gasteiger charge is 2.15. The van der Waals surface area contributed by atoms with Crippen LogP contribution in [0.3, 0.4) is 0 Å². The first-order valence-electron chi connectivity index (χ1n) is 11.6. The third-order valence-electron chi connectivity index (χ3n) is 5.18. The number of anilines is 2. The van der Waals surface area contributed by atoms with Crippen molar-refractivity contribution in [3.63, 3.8) is 0 Å². The van der Waals surface area contributed by atoms with Gasteiger partial charge in [-0.2, -0.15) is 0 Å². The summed E-state index contributed by atoms with van der Waals surface area (Å²) >= 11 is 0. The highest BCUT2D eigenvalue weighted by Crippen LogP contribution is 2.36. The second-order valence-corrected chi connectivity index (χ2v) is 7.95. The Hall–Kier alpha value is -4.98. The second-order valence-electron chi connectivity index (χ2n) is 7.95. The minimum absolute atomic E-state index is 0.194. The lowest BCUT2D eigenvalue weighted by atomic mass is 10.1. The first-order valence-corrected chi connectivity index (χ1v) is 11.6. The van der Waals surface area contributed by atoms with E-state index < -0.39 is 18.6 Å². The number of carbonyl (C=O) groups is 2. The van der Waals surface area contributed by atoms with Crippen LogP contribution in [0.5, 0.6) is 17.2 Å². The Kier molecular flexibility index (Phi) is 8.46. The third kappa shape index (κ3) is 6.61. The topological polar surface area (TPSA) is 143 Å². The number of aliphatic hydroxyl groups excluding tert-OH is 2. The van der Waals surface area contributed by atoms with Gasteiger partial charge >= 0.3 is 0 Å². The molecule has 4 aromatic rings. The Labute approximate surface area is 218 Å². The third-order valence-corrected chi connectivity index (χ3v) is 5.18. The summed E-state index contributed by atoms with van der Waals surface area (Å²) in [4.78, 5) is 33.1. The summed E-state index contributed by atoms with van der Waals surface area (Å²) in [5.74, 6) is 5.68. The van der Waals surface area contributed by atoms with Crippen LogP contribution in [0.15, 0.2) is 73.1 Å². The molecule has 10 nitrogen and oxygen atoms in total. The molecular formula is C28H24N4O6. The molecule has 0 aliphatic rings. The molecule has 4 rings (SSSR count). The molecule has 4 N–H and O–H groups in total. The van der Waals surface area contributed by atoms with Gasteiger partial charge in [0.05, 0.1) is 17.8 Å².